The zero-order valence-electron chi connectivity index (χ0n) is 17.3. The number of halogens is 1. The SMILES string of the molecule is O=C(CC1C(=O)N(c2ccccc2)C(=S)N1NC(=O)c1ccccc1)Nc1ccc(F)cc1. The van der Waals surface area contributed by atoms with Crippen molar-refractivity contribution < 1.29 is 18.8 Å². The largest absolute Gasteiger partial charge is 0.326 e. The number of para-hydroxylation sites is 1. The third-order valence-corrected chi connectivity index (χ3v) is 5.37. The highest BCUT2D eigenvalue weighted by molar-refractivity contribution is 7.80. The lowest BCUT2D eigenvalue weighted by atomic mass is 10.1. The number of nitrogens with one attached hydrogen (secondary N) is 2. The number of benzene rings is 3. The van der Waals surface area contributed by atoms with Crippen molar-refractivity contribution in [1.29, 1.82) is 0 Å². The van der Waals surface area contributed by atoms with Crippen molar-refractivity contribution in [3.63, 3.8) is 0 Å². The van der Waals surface area contributed by atoms with Gasteiger partial charge in [0, 0.05) is 11.3 Å². The molecule has 7 nitrogen and oxygen atoms in total. The van der Waals surface area contributed by atoms with E-state index in [1.54, 1.807) is 60.7 Å². The van der Waals surface area contributed by atoms with Gasteiger partial charge in [0.1, 0.15) is 11.9 Å². The Bertz CT molecular complexity index is 1190. The summed E-state index contributed by atoms with van der Waals surface area (Å²) in [6.07, 6.45) is -0.283. The van der Waals surface area contributed by atoms with Gasteiger partial charge < -0.3 is 5.32 Å². The summed E-state index contributed by atoms with van der Waals surface area (Å²) in [5.41, 5.74) is 3.94. The van der Waals surface area contributed by atoms with Crippen LogP contribution in [-0.4, -0.2) is 33.9 Å². The molecule has 1 aliphatic rings. The highest BCUT2D eigenvalue weighted by Gasteiger charge is 2.45. The van der Waals surface area contributed by atoms with Crippen molar-refractivity contribution >= 4 is 46.4 Å². The molecule has 166 valence electrons. The zero-order chi connectivity index (χ0) is 23.4. The van der Waals surface area contributed by atoms with Crippen LogP contribution >= 0.6 is 12.2 Å². The molecule has 0 radical (unpaired) electrons. The number of rotatable bonds is 6. The van der Waals surface area contributed by atoms with Crippen LogP contribution in [-0.2, 0) is 9.59 Å². The summed E-state index contributed by atoms with van der Waals surface area (Å²) in [6.45, 7) is 0. The molecule has 1 atom stereocenters. The standard InChI is InChI=1S/C24H19FN4O3S/c25-17-11-13-18(14-12-17)26-21(30)15-20-23(32)28(19-9-5-2-6-10-19)24(33)29(20)27-22(31)16-7-3-1-4-8-16/h1-14,20H,15H2,(H,26,30)(H,27,31). The highest BCUT2D eigenvalue weighted by Crippen LogP contribution is 2.26. The van der Waals surface area contributed by atoms with E-state index < -0.39 is 29.6 Å². The number of carbonyl (C=O) groups excluding carboxylic acids is 3. The first-order valence-corrected chi connectivity index (χ1v) is 10.5. The molecule has 33 heavy (non-hydrogen) atoms. The Labute approximate surface area is 194 Å². The van der Waals surface area contributed by atoms with Gasteiger partial charge in [-0.1, -0.05) is 36.4 Å². The van der Waals surface area contributed by atoms with Crippen LogP contribution in [0.4, 0.5) is 15.8 Å². The lowest BCUT2D eigenvalue weighted by Crippen LogP contribution is -2.49. The lowest BCUT2D eigenvalue weighted by Gasteiger charge is -2.24. The number of thiocarbonyl (C=S) groups is 1. The summed E-state index contributed by atoms with van der Waals surface area (Å²) in [5.74, 6) is -1.84. The van der Waals surface area contributed by atoms with E-state index in [-0.39, 0.29) is 11.5 Å². The number of hydrogen-bond donors (Lipinski definition) is 2. The van der Waals surface area contributed by atoms with E-state index in [0.29, 0.717) is 16.9 Å². The number of carbonyl (C=O) groups is 3. The second-order valence-corrected chi connectivity index (χ2v) is 7.61. The fraction of sp³-hybridized carbons (Fsp3) is 0.0833. The van der Waals surface area contributed by atoms with Crippen LogP contribution in [0.25, 0.3) is 0 Å². The summed E-state index contributed by atoms with van der Waals surface area (Å²) in [4.78, 5) is 40.0. The van der Waals surface area contributed by atoms with E-state index in [0.717, 1.165) is 0 Å². The van der Waals surface area contributed by atoms with Gasteiger partial charge in [-0.2, -0.15) is 0 Å². The van der Waals surface area contributed by atoms with E-state index in [2.05, 4.69) is 10.7 Å². The minimum atomic E-state index is -1.06. The molecule has 2 N–H and O–H groups in total. The first-order chi connectivity index (χ1) is 15.9. The average Bonchev–Trinajstić information content (AvgIpc) is 3.05. The third kappa shape index (κ3) is 4.88. The Morgan fingerprint density at radius 3 is 2.15 bits per heavy atom. The lowest BCUT2D eigenvalue weighted by molar-refractivity contribution is -0.124. The van der Waals surface area contributed by atoms with Crippen LogP contribution in [0.2, 0.25) is 0 Å². The summed E-state index contributed by atoms with van der Waals surface area (Å²) < 4.78 is 13.1. The van der Waals surface area contributed by atoms with Crippen molar-refractivity contribution in [1.82, 2.24) is 10.4 Å². The molecule has 1 unspecified atom stereocenters. The Morgan fingerprint density at radius 1 is 0.909 bits per heavy atom. The van der Waals surface area contributed by atoms with Crippen LogP contribution in [0.15, 0.2) is 84.9 Å². The van der Waals surface area contributed by atoms with E-state index in [1.165, 1.54) is 34.2 Å². The van der Waals surface area contributed by atoms with Crippen molar-refractivity contribution in [3.8, 4) is 0 Å². The summed E-state index contributed by atoms with van der Waals surface area (Å²) >= 11 is 5.51. The smallest absolute Gasteiger partial charge is 0.269 e. The molecule has 4 rings (SSSR count). The van der Waals surface area contributed by atoms with Gasteiger partial charge in [0.25, 0.3) is 11.8 Å². The normalized spacial score (nSPS) is 15.5. The fourth-order valence-corrected chi connectivity index (χ4v) is 3.77. The van der Waals surface area contributed by atoms with Gasteiger partial charge in [0.15, 0.2) is 0 Å². The second kappa shape index (κ2) is 9.58. The topological polar surface area (TPSA) is 81.8 Å². The number of amides is 3. The quantitative estimate of drug-likeness (QED) is 0.548. The predicted octanol–water partition coefficient (Wildman–Crippen LogP) is 3.50. The minimum absolute atomic E-state index is 0.0510. The number of hydrogen-bond acceptors (Lipinski definition) is 4. The van der Waals surface area contributed by atoms with Gasteiger partial charge in [-0.05, 0) is 60.7 Å². The molecule has 0 aliphatic carbocycles. The van der Waals surface area contributed by atoms with E-state index in [1.807, 2.05) is 0 Å². The highest BCUT2D eigenvalue weighted by atomic mass is 32.1. The molecule has 0 saturated carbocycles. The molecule has 0 bridgehead atoms. The van der Waals surface area contributed by atoms with Crippen molar-refractivity contribution in [2.75, 3.05) is 10.2 Å². The first kappa shape index (κ1) is 22.1. The van der Waals surface area contributed by atoms with Gasteiger partial charge in [-0.25, -0.2) is 9.40 Å². The number of anilines is 2. The van der Waals surface area contributed by atoms with Crippen molar-refractivity contribution in [3.05, 3.63) is 96.3 Å². The van der Waals surface area contributed by atoms with Crippen LogP contribution in [0.3, 0.4) is 0 Å². The fourth-order valence-electron chi connectivity index (χ4n) is 3.40. The molecule has 1 saturated heterocycles. The molecule has 0 aromatic heterocycles. The molecule has 1 fully saturated rings. The Balaban J connectivity index is 1.58. The Morgan fingerprint density at radius 2 is 1.52 bits per heavy atom. The Hall–Kier alpha value is -4.11. The van der Waals surface area contributed by atoms with Gasteiger partial charge >= 0.3 is 0 Å². The molecule has 3 amide bonds. The van der Waals surface area contributed by atoms with Crippen LogP contribution in [0, 0.1) is 5.82 Å². The van der Waals surface area contributed by atoms with Crippen LogP contribution in [0.5, 0.6) is 0 Å². The van der Waals surface area contributed by atoms with E-state index >= 15 is 0 Å². The minimum Gasteiger partial charge on any atom is -0.326 e. The van der Waals surface area contributed by atoms with E-state index in [4.69, 9.17) is 12.2 Å². The molecular weight excluding hydrogens is 443 g/mol. The molecule has 1 aliphatic heterocycles. The predicted molar refractivity (Wildman–Crippen MR) is 126 cm³/mol. The number of nitrogens with zero attached hydrogens (tertiary/aromatic N) is 2. The maximum Gasteiger partial charge on any atom is 0.269 e. The third-order valence-electron chi connectivity index (χ3n) is 4.99. The van der Waals surface area contributed by atoms with Crippen molar-refractivity contribution in [2.45, 2.75) is 12.5 Å². The zero-order valence-corrected chi connectivity index (χ0v) is 18.1. The number of hydrazine groups is 1. The maximum absolute atomic E-state index is 13.3. The monoisotopic (exact) mass is 462 g/mol. The van der Waals surface area contributed by atoms with Crippen LogP contribution in [0.1, 0.15) is 16.8 Å². The van der Waals surface area contributed by atoms with Gasteiger partial charge in [-0.3, -0.25) is 24.7 Å². The van der Waals surface area contributed by atoms with Gasteiger partial charge in [0.2, 0.25) is 11.0 Å². The summed E-state index contributed by atoms with van der Waals surface area (Å²) in [5, 5.41) is 3.92. The van der Waals surface area contributed by atoms with Crippen LogP contribution < -0.4 is 15.6 Å². The van der Waals surface area contributed by atoms with Gasteiger partial charge in [-0.15, -0.1) is 0 Å². The maximum atomic E-state index is 13.3. The summed E-state index contributed by atoms with van der Waals surface area (Å²) in [7, 11) is 0. The van der Waals surface area contributed by atoms with E-state index in [9.17, 15) is 18.8 Å². The van der Waals surface area contributed by atoms with Gasteiger partial charge in [0.05, 0.1) is 12.1 Å². The molecular formula is C24H19FN4O3S. The first-order valence-electron chi connectivity index (χ1n) is 10.1. The molecule has 1 heterocycles. The molecule has 0 spiro atoms. The Kier molecular flexibility index (Phi) is 6.41. The van der Waals surface area contributed by atoms with Crippen molar-refractivity contribution in [2.24, 2.45) is 0 Å². The second-order valence-electron chi connectivity index (χ2n) is 7.24. The average molecular weight is 463 g/mol. The molecule has 9 heteroatoms. The summed E-state index contributed by atoms with van der Waals surface area (Å²) in [6, 6.07) is 21.4. The molecule has 3 aromatic carbocycles. The molecule has 3 aromatic rings.